The molecule has 0 amide bonds. The lowest BCUT2D eigenvalue weighted by Gasteiger charge is -2.16. The van der Waals surface area contributed by atoms with Crippen LogP contribution in [0.2, 0.25) is 0 Å². The van der Waals surface area contributed by atoms with Gasteiger partial charge in [-0.1, -0.05) is 0 Å². The summed E-state index contributed by atoms with van der Waals surface area (Å²) in [4.78, 5) is 2.03. The van der Waals surface area contributed by atoms with Gasteiger partial charge < -0.3 is 4.90 Å². The minimum absolute atomic E-state index is 0.0728. The van der Waals surface area contributed by atoms with Crippen molar-refractivity contribution in [3.05, 3.63) is 15.9 Å². The van der Waals surface area contributed by atoms with Gasteiger partial charge in [0.15, 0.2) is 0 Å². The first-order valence-corrected chi connectivity index (χ1v) is 8.38. The molecule has 98 valence electrons. The Labute approximate surface area is 115 Å². The lowest BCUT2D eigenvalue weighted by molar-refractivity contribution is 0.379. The van der Waals surface area contributed by atoms with E-state index in [0.717, 1.165) is 13.0 Å². The number of nitrogens with zero attached hydrogens (tertiary/aromatic N) is 1. The Kier molecular flexibility index (Phi) is 5.59. The van der Waals surface area contributed by atoms with E-state index >= 15 is 0 Å². The van der Waals surface area contributed by atoms with E-state index < -0.39 is 10.0 Å². The number of hydrogen-bond acceptors (Lipinski definition) is 4. The van der Waals surface area contributed by atoms with Crippen LogP contribution in [0.4, 0.5) is 0 Å². The number of hydrogen-bond donors (Lipinski definition) is 1. The van der Waals surface area contributed by atoms with Crippen molar-refractivity contribution in [3.63, 3.8) is 0 Å². The number of nitrogens with one attached hydrogen (secondary N) is 1. The first kappa shape index (κ1) is 15.1. The molecule has 0 saturated carbocycles. The van der Waals surface area contributed by atoms with Crippen LogP contribution >= 0.6 is 27.3 Å². The molecule has 0 aliphatic heterocycles. The summed E-state index contributed by atoms with van der Waals surface area (Å²) in [6, 6.07) is 1.67. The maximum absolute atomic E-state index is 12.0. The molecule has 0 saturated heterocycles. The predicted octanol–water partition coefficient (Wildman–Crippen LogP) is 2.13. The van der Waals surface area contributed by atoms with Crippen molar-refractivity contribution in [2.75, 3.05) is 20.6 Å². The Morgan fingerprint density at radius 1 is 1.53 bits per heavy atom. The van der Waals surface area contributed by atoms with Gasteiger partial charge in [-0.2, -0.15) is 0 Å². The van der Waals surface area contributed by atoms with Crippen LogP contribution < -0.4 is 4.72 Å². The summed E-state index contributed by atoms with van der Waals surface area (Å²) >= 11 is 4.45. The average molecular weight is 341 g/mol. The molecule has 0 fully saturated rings. The Hall–Kier alpha value is 0.0500. The molecule has 0 aliphatic rings. The third kappa shape index (κ3) is 4.67. The molecular formula is C10H17BrN2O2S2. The summed E-state index contributed by atoms with van der Waals surface area (Å²) in [6.45, 7) is 2.73. The lowest BCUT2D eigenvalue weighted by atomic mass is 10.2. The lowest BCUT2D eigenvalue weighted by Crippen LogP contribution is -2.34. The molecule has 1 unspecified atom stereocenters. The van der Waals surface area contributed by atoms with Gasteiger partial charge in [-0.25, -0.2) is 13.1 Å². The number of halogens is 1. The number of rotatable bonds is 6. The Bertz CT molecular complexity index is 457. The first-order chi connectivity index (χ1) is 7.83. The first-order valence-electron chi connectivity index (χ1n) is 5.23. The van der Waals surface area contributed by atoms with E-state index in [1.54, 1.807) is 11.4 Å². The van der Waals surface area contributed by atoms with Gasteiger partial charge >= 0.3 is 0 Å². The third-order valence-electron chi connectivity index (χ3n) is 2.19. The second-order valence-electron chi connectivity index (χ2n) is 4.17. The zero-order chi connectivity index (χ0) is 13.1. The van der Waals surface area contributed by atoms with Crippen molar-refractivity contribution in [1.29, 1.82) is 0 Å². The predicted molar refractivity (Wildman–Crippen MR) is 75.0 cm³/mol. The molecule has 1 rings (SSSR count). The molecule has 1 atom stereocenters. The van der Waals surface area contributed by atoms with Crippen LogP contribution in [0.5, 0.6) is 0 Å². The SMILES string of the molecule is CC(CCN(C)C)NS(=O)(=O)c1sccc1Br. The van der Waals surface area contributed by atoms with Crippen LogP contribution in [0.3, 0.4) is 0 Å². The smallest absolute Gasteiger partial charge is 0.251 e. The van der Waals surface area contributed by atoms with Crippen molar-refractivity contribution in [3.8, 4) is 0 Å². The molecular weight excluding hydrogens is 324 g/mol. The van der Waals surface area contributed by atoms with Crippen molar-refractivity contribution < 1.29 is 8.42 Å². The summed E-state index contributed by atoms with van der Waals surface area (Å²) in [6.07, 6.45) is 0.787. The molecule has 0 bridgehead atoms. The highest BCUT2D eigenvalue weighted by Gasteiger charge is 2.21. The van der Waals surface area contributed by atoms with Crippen molar-refractivity contribution >= 4 is 37.3 Å². The van der Waals surface area contributed by atoms with E-state index in [2.05, 4.69) is 20.7 Å². The summed E-state index contributed by atoms with van der Waals surface area (Å²) in [5.74, 6) is 0. The third-order valence-corrected chi connectivity index (χ3v) is 6.45. The summed E-state index contributed by atoms with van der Waals surface area (Å²) < 4.78 is 27.7. The quantitative estimate of drug-likeness (QED) is 0.862. The molecule has 1 aromatic rings. The minimum atomic E-state index is -3.39. The minimum Gasteiger partial charge on any atom is -0.309 e. The van der Waals surface area contributed by atoms with Gasteiger partial charge in [0.2, 0.25) is 0 Å². The van der Waals surface area contributed by atoms with E-state index in [-0.39, 0.29) is 6.04 Å². The Morgan fingerprint density at radius 2 is 2.18 bits per heavy atom. The Morgan fingerprint density at radius 3 is 2.65 bits per heavy atom. The van der Waals surface area contributed by atoms with Crippen LogP contribution in [0.15, 0.2) is 20.1 Å². The maximum Gasteiger partial charge on any atom is 0.251 e. The van der Waals surface area contributed by atoms with Crippen LogP contribution in [-0.4, -0.2) is 40.0 Å². The highest BCUT2D eigenvalue weighted by molar-refractivity contribution is 9.10. The molecule has 0 radical (unpaired) electrons. The monoisotopic (exact) mass is 340 g/mol. The number of thiophene rings is 1. The van der Waals surface area contributed by atoms with Gasteiger partial charge in [-0.05, 0) is 61.4 Å². The standard InChI is InChI=1S/C10H17BrN2O2S2/c1-8(4-6-13(2)3)12-17(14,15)10-9(11)5-7-16-10/h5,7-8,12H,4,6H2,1-3H3. The van der Waals surface area contributed by atoms with Gasteiger partial charge in [0, 0.05) is 10.5 Å². The molecule has 17 heavy (non-hydrogen) atoms. The Balaban J connectivity index is 2.65. The molecule has 1 heterocycles. The fourth-order valence-electron chi connectivity index (χ4n) is 1.30. The normalized spacial score (nSPS) is 14.2. The van der Waals surface area contributed by atoms with Gasteiger partial charge in [0.25, 0.3) is 10.0 Å². The van der Waals surface area contributed by atoms with Gasteiger partial charge in [0.1, 0.15) is 4.21 Å². The van der Waals surface area contributed by atoms with Gasteiger partial charge in [0.05, 0.1) is 0 Å². The molecule has 7 heteroatoms. The van der Waals surface area contributed by atoms with Gasteiger partial charge in [-0.15, -0.1) is 11.3 Å². The van der Waals surface area contributed by atoms with Crippen molar-refractivity contribution in [2.24, 2.45) is 0 Å². The van der Waals surface area contributed by atoms with E-state index in [0.29, 0.717) is 8.68 Å². The van der Waals surface area contributed by atoms with Crippen LogP contribution in [0, 0.1) is 0 Å². The summed E-state index contributed by atoms with van der Waals surface area (Å²) in [7, 11) is 0.547. The average Bonchev–Trinajstić information content (AvgIpc) is 2.61. The molecule has 4 nitrogen and oxygen atoms in total. The van der Waals surface area contributed by atoms with Crippen LogP contribution in [-0.2, 0) is 10.0 Å². The highest BCUT2D eigenvalue weighted by atomic mass is 79.9. The zero-order valence-electron chi connectivity index (χ0n) is 10.1. The van der Waals surface area contributed by atoms with E-state index in [9.17, 15) is 8.42 Å². The van der Waals surface area contributed by atoms with E-state index in [1.165, 1.54) is 11.3 Å². The molecule has 1 aromatic heterocycles. The maximum atomic E-state index is 12.0. The highest BCUT2D eigenvalue weighted by Crippen LogP contribution is 2.27. The zero-order valence-corrected chi connectivity index (χ0v) is 13.3. The van der Waals surface area contributed by atoms with Gasteiger partial charge in [-0.3, -0.25) is 0 Å². The summed E-state index contributed by atoms with van der Waals surface area (Å²) in [5, 5.41) is 1.75. The van der Waals surface area contributed by atoms with E-state index in [1.807, 2.05) is 25.9 Å². The number of sulfonamides is 1. The van der Waals surface area contributed by atoms with Crippen LogP contribution in [0.1, 0.15) is 13.3 Å². The molecule has 1 N–H and O–H groups in total. The topological polar surface area (TPSA) is 49.4 Å². The molecule has 0 aliphatic carbocycles. The fraction of sp³-hybridized carbons (Fsp3) is 0.600. The van der Waals surface area contributed by atoms with Crippen LogP contribution in [0.25, 0.3) is 0 Å². The second kappa shape index (κ2) is 6.29. The summed E-state index contributed by atoms with van der Waals surface area (Å²) in [5.41, 5.74) is 0. The molecule has 0 spiro atoms. The molecule has 0 aromatic carbocycles. The van der Waals surface area contributed by atoms with Crippen molar-refractivity contribution in [1.82, 2.24) is 9.62 Å². The largest absolute Gasteiger partial charge is 0.309 e. The van der Waals surface area contributed by atoms with E-state index in [4.69, 9.17) is 0 Å². The second-order valence-corrected chi connectivity index (χ2v) is 7.85. The van der Waals surface area contributed by atoms with Crippen molar-refractivity contribution in [2.45, 2.75) is 23.6 Å². The fourth-order valence-corrected chi connectivity index (χ4v) is 4.93.